The zero-order valence-electron chi connectivity index (χ0n) is 21.4. The minimum absolute atomic E-state index is 0.519. The average molecular weight is 528 g/mol. The van der Waals surface area contributed by atoms with Gasteiger partial charge in [0.05, 0.1) is 22.1 Å². The Hall–Kier alpha value is -4.86. The van der Waals surface area contributed by atoms with Crippen molar-refractivity contribution in [2.75, 3.05) is 0 Å². The van der Waals surface area contributed by atoms with Crippen molar-refractivity contribution in [1.82, 2.24) is 4.57 Å². The van der Waals surface area contributed by atoms with Gasteiger partial charge in [-0.15, -0.1) is 11.3 Å². The van der Waals surface area contributed by atoms with E-state index in [0.29, 0.717) is 0 Å². The van der Waals surface area contributed by atoms with Crippen molar-refractivity contribution in [2.24, 2.45) is 0 Å². The Morgan fingerprint density at radius 3 is 2.17 bits per heavy atom. The highest BCUT2D eigenvalue weighted by Crippen LogP contribution is 2.61. The number of aromatic nitrogens is 1. The highest BCUT2D eigenvalue weighted by molar-refractivity contribution is 7.25. The largest absolute Gasteiger partial charge is 0.457 e. The Bertz CT molecular complexity index is 2370. The summed E-state index contributed by atoms with van der Waals surface area (Å²) in [6, 6.07) is 46.7. The standard InChI is InChI=1S/C37H21NOS/c1-5-16-30-22(10-1)24-12-9-15-28-36(24)38(30)31-17-6-3-13-26(31)37(28)27-14-4-7-18-32(27)39-33-20-25-23-11-2-8-19-34(23)40-35(25)21-29(33)37/h1-21H. The van der Waals surface area contributed by atoms with E-state index in [2.05, 4.69) is 132 Å². The van der Waals surface area contributed by atoms with Crippen LogP contribution in [0.5, 0.6) is 11.5 Å². The van der Waals surface area contributed by atoms with Gasteiger partial charge in [0.2, 0.25) is 0 Å². The number of benzene rings is 6. The minimum Gasteiger partial charge on any atom is -0.457 e. The summed E-state index contributed by atoms with van der Waals surface area (Å²) >= 11 is 1.87. The van der Waals surface area contributed by atoms with Gasteiger partial charge in [-0.2, -0.15) is 0 Å². The van der Waals surface area contributed by atoms with E-state index in [1.54, 1.807) is 0 Å². The molecule has 0 saturated carbocycles. The summed E-state index contributed by atoms with van der Waals surface area (Å²) in [7, 11) is 0. The number of ether oxygens (including phenoxy) is 1. The van der Waals surface area contributed by atoms with Crippen LogP contribution in [0.3, 0.4) is 0 Å². The van der Waals surface area contributed by atoms with Crippen molar-refractivity contribution >= 4 is 53.3 Å². The fourth-order valence-corrected chi connectivity index (χ4v) is 8.67. The lowest BCUT2D eigenvalue weighted by molar-refractivity contribution is 0.435. The van der Waals surface area contributed by atoms with Gasteiger partial charge in [-0.3, -0.25) is 0 Å². The monoisotopic (exact) mass is 527 g/mol. The zero-order valence-corrected chi connectivity index (χ0v) is 22.2. The van der Waals surface area contributed by atoms with Crippen LogP contribution in [-0.2, 0) is 5.41 Å². The van der Waals surface area contributed by atoms with Crippen LogP contribution in [0.25, 0.3) is 47.7 Å². The predicted octanol–water partition coefficient (Wildman–Crippen LogP) is 9.95. The van der Waals surface area contributed by atoms with Crippen LogP contribution in [0.2, 0.25) is 0 Å². The van der Waals surface area contributed by atoms with Crippen molar-refractivity contribution in [3.8, 4) is 17.2 Å². The highest BCUT2D eigenvalue weighted by atomic mass is 32.1. The molecule has 40 heavy (non-hydrogen) atoms. The zero-order chi connectivity index (χ0) is 26.0. The van der Waals surface area contributed by atoms with Crippen molar-refractivity contribution in [3.05, 3.63) is 150 Å². The molecule has 0 bridgehead atoms. The van der Waals surface area contributed by atoms with Crippen LogP contribution >= 0.6 is 11.3 Å². The fourth-order valence-electron chi connectivity index (χ4n) is 7.54. The first-order valence-electron chi connectivity index (χ1n) is 13.7. The summed E-state index contributed by atoms with van der Waals surface area (Å²) in [5.41, 5.74) is 8.22. The third-order valence-corrected chi connectivity index (χ3v) is 10.2. The summed E-state index contributed by atoms with van der Waals surface area (Å²) < 4.78 is 11.9. The van der Waals surface area contributed by atoms with Crippen molar-refractivity contribution < 1.29 is 4.74 Å². The Morgan fingerprint density at radius 2 is 1.23 bits per heavy atom. The van der Waals surface area contributed by atoms with Gasteiger partial charge in [0, 0.05) is 42.1 Å². The molecule has 1 atom stereocenters. The summed E-state index contributed by atoms with van der Waals surface area (Å²) in [6.45, 7) is 0. The van der Waals surface area contributed by atoms with Crippen molar-refractivity contribution in [3.63, 3.8) is 0 Å². The molecule has 8 aromatic rings. The fraction of sp³-hybridized carbons (Fsp3) is 0.0270. The van der Waals surface area contributed by atoms with Gasteiger partial charge in [-0.25, -0.2) is 0 Å². The molecular formula is C37H21NOS. The molecule has 6 aromatic carbocycles. The number of para-hydroxylation sites is 4. The molecule has 0 radical (unpaired) electrons. The van der Waals surface area contributed by atoms with Gasteiger partial charge in [-0.05, 0) is 47.5 Å². The molecular weight excluding hydrogens is 506 g/mol. The van der Waals surface area contributed by atoms with E-state index in [0.717, 1.165) is 11.5 Å². The lowest BCUT2D eigenvalue weighted by Crippen LogP contribution is -2.37. The second kappa shape index (κ2) is 7.20. The van der Waals surface area contributed by atoms with Crippen LogP contribution in [0.15, 0.2) is 127 Å². The molecule has 2 nitrogen and oxygen atoms in total. The maximum Gasteiger partial charge on any atom is 0.132 e. The lowest BCUT2D eigenvalue weighted by atomic mass is 9.61. The molecule has 0 aliphatic carbocycles. The summed E-state index contributed by atoms with van der Waals surface area (Å²) in [6.07, 6.45) is 0. The maximum absolute atomic E-state index is 6.79. The van der Waals surface area contributed by atoms with Gasteiger partial charge in [0.15, 0.2) is 0 Å². The summed E-state index contributed by atoms with van der Waals surface area (Å²) in [4.78, 5) is 0. The second-order valence-corrected chi connectivity index (χ2v) is 11.9. The molecule has 1 spiro atoms. The quantitative estimate of drug-likeness (QED) is 0.191. The van der Waals surface area contributed by atoms with Gasteiger partial charge >= 0.3 is 0 Å². The number of hydrogen-bond donors (Lipinski definition) is 0. The molecule has 0 N–H and O–H groups in total. The normalized spacial score (nSPS) is 16.8. The van der Waals surface area contributed by atoms with Crippen molar-refractivity contribution in [1.29, 1.82) is 0 Å². The van der Waals surface area contributed by atoms with Crippen LogP contribution in [0.1, 0.15) is 22.3 Å². The van der Waals surface area contributed by atoms with Crippen LogP contribution in [-0.4, -0.2) is 4.57 Å². The number of fused-ring (bicyclic) bond motifs is 14. The molecule has 2 aliphatic heterocycles. The molecule has 4 heterocycles. The minimum atomic E-state index is -0.519. The van der Waals surface area contributed by atoms with Gasteiger partial charge < -0.3 is 9.30 Å². The summed E-state index contributed by atoms with van der Waals surface area (Å²) in [5, 5.41) is 5.11. The lowest BCUT2D eigenvalue weighted by Gasteiger charge is -2.45. The molecule has 0 saturated heterocycles. The summed E-state index contributed by atoms with van der Waals surface area (Å²) in [5.74, 6) is 1.86. The molecule has 2 aliphatic rings. The van der Waals surface area contributed by atoms with E-state index in [-0.39, 0.29) is 0 Å². The van der Waals surface area contributed by atoms with Crippen molar-refractivity contribution in [2.45, 2.75) is 5.41 Å². The molecule has 0 amide bonds. The van der Waals surface area contributed by atoms with Crippen LogP contribution in [0.4, 0.5) is 0 Å². The van der Waals surface area contributed by atoms with Gasteiger partial charge in [0.25, 0.3) is 0 Å². The molecule has 3 heteroatoms. The molecule has 2 aromatic heterocycles. The number of rotatable bonds is 0. The first-order chi connectivity index (χ1) is 19.8. The topological polar surface area (TPSA) is 14.2 Å². The van der Waals surface area contributed by atoms with Crippen LogP contribution in [0, 0.1) is 0 Å². The average Bonchev–Trinajstić information content (AvgIpc) is 3.54. The van der Waals surface area contributed by atoms with Gasteiger partial charge in [-0.1, -0.05) is 91.0 Å². The van der Waals surface area contributed by atoms with E-state index in [1.165, 1.54) is 69.9 Å². The SMILES string of the molecule is c1ccc2c(c1)Oc1cc3c(cc1C21c2ccccc2-n2c4ccccc4c4cccc1c42)sc1ccccc13. The van der Waals surface area contributed by atoms with E-state index < -0.39 is 5.41 Å². The number of thiophene rings is 1. The Labute approximate surface area is 234 Å². The second-order valence-electron chi connectivity index (χ2n) is 10.9. The number of hydrogen-bond acceptors (Lipinski definition) is 2. The van der Waals surface area contributed by atoms with E-state index in [4.69, 9.17) is 4.74 Å². The van der Waals surface area contributed by atoms with E-state index in [1.807, 2.05) is 11.3 Å². The molecule has 186 valence electrons. The first-order valence-corrected chi connectivity index (χ1v) is 14.5. The van der Waals surface area contributed by atoms with E-state index in [9.17, 15) is 0 Å². The Balaban J connectivity index is 1.47. The maximum atomic E-state index is 6.79. The van der Waals surface area contributed by atoms with Crippen LogP contribution < -0.4 is 4.74 Å². The smallest absolute Gasteiger partial charge is 0.132 e. The first kappa shape index (κ1) is 21.0. The Morgan fingerprint density at radius 1 is 0.500 bits per heavy atom. The Kier molecular flexibility index (Phi) is 3.79. The van der Waals surface area contributed by atoms with E-state index >= 15 is 0 Å². The molecule has 0 fully saturated rings. The predicted molar refractivity (Wildman–Crippen MR) is 166 cm³/mol. The highest BCUT2D eigenvalue weighted by Gasteiger charge is 2.50. The number of nitrogens with zero attached hydrogens (tertiary/aromatic N) is 1. The van der Waals surface area contributed by atoms with Gasteiger partial charge in [0.1, 0.15) is 11.5 Å². The molecule has 10 rings (SSSR count). The third kappa shape index (κ3) is 2.33. The third-order valence-electron chi connectivity index (χ3n) is 9.04. The molecule has 1 unspecified atom stereocenters.